The highest BCUT2D eigenvalue weighted by atomic mass is 35.5. The van der Waals surface area contributed by atoms with Crippen molar-refractivity contribution < 1.29 is 23.5 Å². The average Bonchev–Trinajstić information content (AvgIpc) is 2.81. The smallest absolute Gasteiger partial charge is 0.422 e. The molecule has 0 radical (unpaired) electrons. The van der Waals surface area contributed by atoms with Crippen LogP contribution in [0, 0.1) is 11.7 Å². The molecule has 132 valence electrons. The van der Waals surface area contributed by atoms with E-state index < -0.39 is 23.9 Å². The van der Waals surface area contributed by atoms with Crippen LogP contribution in [0.1, 0.15) is 40.0 Å². The highest BCUT2D eigenvalue weighted by Gasteiger charge is 2.44. The van der Waals surface area contributed by atoms with Gasteiger partial charge in [0.25, 0.3) is 5.91 Å². The van der Waals surface area contributed by atoms with Crippen molar-refractivity contribution in [1.29, 1.82) is 0 Å². The first-order chi connectivity index (χ1) is 11.4. The number of amides is 2. The van der Waals surface area contributed by atoms with E-state index in [2.05, 4.69) is 6.92 Å². The van der Waals surface area contributed by atoms with Gasteiger partial charge in [0, 0.05) is 6.07 Å². The summed E-state index contributed by atoms with van der Waals surface area (Å²) in [5.74, 6) is -1.34. The van der Waals surface area contributed by atoms with Gasteiger partial charge >= 0.3 is 6.09 Å². The second-order valence-corrected chi connectivity index (χ2v) is 6.42. The fourth-order valence-electron chi connectivity index (χ4n) is 2.40. The topological polar surface area (TPSA) is 55.8 Å². The number of halogens is 2. The van der Waals surface area contributed by atoms with Gasteiger partial charge in [0.05, 0.1) is 17.3 Å². The van der Waals surface area contributed by atoms with Crippen molar-refractivity contribution in [2.45, 2.75) is 46.1 Å². The van der Waals surface area contributed by atoms with Gasteiger partial charge < -0.3 is 9.47 Å². The quantitative estimate of drug-likeness (QED) is 0.671. The molecule has 0 bridgehead atoms. The predicted molar refractivity (Wildman–Crippen MR) is 89.0 cm³/mol. The summed E-state index contributed by atoms with van der Waals surface area (Å²) in [6, 6.07) is 2.31. The molecule has 1 atom stereocenters. The number of cyclic esters (lactones) is 1. The zero-order valence-electron chi connectivity index (χ0n) is 14.0. The minimum Gasteiger partial charge on any atom is -0.492 e. The van der Waals surface area contributed by atoms with E-state index >= 15 is 0 Å². The van der Waals surface area contributed by atoms with E-state index in [-0.39, 0.29) is 22.4 Å². The second kappa shape index (κ2) is 7.83. The van der Waals surface area contributed by atoms with E-state index in [0.29, 0.717) is 11.5 Å². The van der Waals surface area contributed by atoms with Crippen molar-refractivity contribution in [3.63, 3.8) is 0 Å². The van der Waals surface area contributed by atoms with Gasteiger partial charge in [0.1, 0.15) is 11.6 Å². The molecule has 1 fully saturated rings. The van der Waals surface area contributed by atoms with E-state index in [4.69, 9.17) is 21.1 Å². The third-order valence-electron chi connectivity index (χ3n) is 3.73. The standard InChI is InChI=1S/C17H21ClFNO4/c1-4-5-6-7-23-14-9-13(12(19)8-11(14)18)20-16(21)15(10(2)3)24-17(20)22/h8-10,15H,4-7H2,1-3H3. The van der Waals surface area contributed by atoms with E-state index in [1.165, 1.54) is 6.07 Å². The van der Waals surface area contributed by atoms with Gasteiger partial charge in [-0.25, -0.2) is 14.1 Å². The number of carbonyl (C=O) groups excluding carboxylic acids is 2. The Bertz CT molecular complexity index is 635. The molecule has 0 spiro atoms. The molecule has 1 aromatic carbocycles. The first kappa shape index (κ1) is 18.5. The Morgan fingerprint density at radius 2 is 2.04 bits per heavy atom. The van der Waals surface area contributed by atoms with Crippen molar-refractivity contribution in [2.75, 3.05) is 11.5 Å². The zero-order valence-corrected chi connectivity index (χ0v) is 14.7. The lowest BCUT2D eigenvalue weighted by atomic mass is 10.1. The van der Waals surface area contributed by atoms with Gasteiger partial charge in [0.15, 0.2) is 6.10 Å². The first-order valence-corrected chi connectivity index (χ1v) is 8.41. The number of ether oxygens (including phenoxy) is 2. The zero-order chi connectivity index (χ0) is 17.9. The van der Waals surface area contributed by atoms with E-state index in [9.17, 15) is 14.0 Å². The van der Waals surface area contributed by atoms with Crippen LogP contribution in [-0.4, -0.2) is 24.7 Å². The van der Waals surface area contributed by atoms with Gasteiger partial charge in [-0.15, -0.1) is 0 Å². The summed E-state index contributed by atoms with van der Waals surface area (Å²) in [4.78, 5) is 25.0. The Morgan fingerprint density at radius 3 is 2.62 bits per heavy atom. The number of carbonyl (C=O) groups is 2. The summed E-state index contributed by atoms with van der Waals surface area (Å²) in [5, 5.41) is 0.0909. The van der Waals surface area contributed by atoms with Gasteiger partial charge in [0.2, 0.25) is 0 Å². The van der Waals surface area contributed by atoms with Crippen LogP contribution in [-0.2, 0) is 9.53 Å². The van der Waals surface area contributed by atoms with Crippen LogP contribution in [0.4, 0.5) is 14.9 Å². The number of nitrogens with zero attached hydrogens (tertiary/aromatic N) is 1. The summed E-state index contributed by atoms with van der Waals surface area (Å²) in [6.07, 6.45) is 1.06. The molecule has 1 aromatic rings. The first-order valence-electron chi connectivity index (χ1n) is 8.03. The molecule has 0 saturated carbocycles. The van der Waals surface area contributed by atoms with Crippen LogP contribution in [0.3, 0.4) is 0 Å². The third kappa shape index (κ3) is 3.80. The van der Waals surface area contributed by atoms with Crippen LogP contribution >= 0.6 is 11.6 Å². The van der Waals surface area contributed by atoms with Crippen molar-refractivity contribution in [1.82, 2.24) is 0 Å². The van der Waals surface area contributed by atoms with Gasteiger partial charge in [-0.05, 0) is 18.4 Å². The number of unbranched alkanes of at least 4 members (excludes halogenated alkanes) is 2. The predicted octanol–water partition coefficient (Wildman–Crippen LogP) is 4.56. The number of hydrogen-bond donors (Lipinski definition) is 0. The Labute approximate surface area is 145 Å². The number of anilines is 1. The van der Waals surface area contributed by atoms with Crippen LogP contribution in [0.2, 0.25) is 5.02 Å². The number of hydrogen-bond acceptors (Lipinski definition) is 4. The molecular weight excluding hydrogens is 337 g/mol. The van der Waals surface area contributed by atoms with Crippen LogP contribution in [0.15, 0.2) is 12.1 Å². The van der Waals surface area contributed by atoms with Gasteiger partial charge in [-0.2, -0.15) is 0 Å². The normalized spacial score (nSPS) is 17.6. The SMILES string of the molecule is CCCCCOc1cc(N2C(=O)OC(C(C)C)C2=O)c(F)cc1Cl. The molecule has 1 aliphatic rings. The van der Waals surface area contributed by atoms with Crippen LogP contribution < -0.4 is 9.64 Å². The molecule has 2 amide bonds. The number of rotatable bonds is 7. The van der Waals surface area contributed by atoms with Crippen molar-refractivity contribution in [3.05, 3.63) is 23.0 Å². The number of imide groups is 1. The molecule has 1 heterocycles. The Balaban J connectivity index is 2.26. The maximum atomic E-state index is 14.3. The summed E-state index contributed by atoms with van der Waals surface area (Å²) < 4.78 is 24.8. The minimum absolute atomic E-state index is 0.0909. The lowest BCUT2D eigenvalue weighted by molar-refractivity contribution is -0.123. The summed E-state index contributed by atoms with van der Waals surface area (Å²) in [6.45, 7) is 5.99. The molecule has 1 saturated heterocycles. The molecule has 7 heteroatoms. The minimum atomic E-state index is -0.915. The molecule has 0 aliphatic carbocycles. The van der Waals surface area contributed by atoms with E-state index in [0.717, 1.165) is 25.3 Å². The molecule has 24 heavy (non-hydrogen) atoms. The van der Waals surface area contributed by atoms with Crippen molar-refractivity contribution >= 4 is 29.3 Å². The van der Waals surface area contributed by atoms with Crippen LogP contribution in [0.25, 0.3) is 0 Å². The Kier molecular flexibility index (Phi) is 6.04. The maximum absolute atomic E-state index is 14.3. The molecular formula is C17H21ClFNO4. The molecule has 2 rings (SSSR count). The number of benzene rings is 1. The fraction of sp³-hybridized carbons (Fsp3) is 0.529. The Hall–Kier alpha value is -1.82. The third-order valence-corrected chi connectivity index (χ3v) is 4.02. The molecule has 5 nitrogen and oxygen atoms in total. The van der Waals surface area contributed by atoms with Crippen molar-refractivity contribution in [2.24, 2.45) is 5.92 Å². The molecule has 0 aromatic heterocycles. The summed E-state index contributed by atoms with van der Waals surface area (Å²) in [5.41, 5.74) is -0.206. The highest BCUT2D eigenvalue weighted by Crippen LogP contribution is 2.35. The highest BCUT2D eigenvalue weighted by molar-refractivity contribution is 6.32. The van der Waals surface area contributed by atoms with E-state index in [1.54, 1.807) is 13.8 Å². The monoisotopic (exact) mass is 357 g/mol. The lowest BCUT2D eigenvalue weighted by Gasteiger charge is -2.16. The average molecular weight is 358 g/mol. The van der Waals surface area contributed by atoms with Crippen molar-refractivity contribution in [3.8, 4) is 5.75 Å². The van der Waals surface area contributed by atoms with Crippen LogP contribution in [0.5, 0.6) is 5.75 Å². The van der Waals surface area contributed by atoms with Gasteiger partial charge in [-0.3, -0.25) is 4.79 Å². The molecule has 1 aliphatic heterocycles. The second-order valence-electron chi connectivity index (χ2n) is 6.01. The maximum Gasteiger partial charge on any atom is 0.422 e. The van der Waals surface area contributed by atoms with Gasteiger partial charge in [-0.1, -0.05) is 45.2 Å². The Morgan fingerprint density at radius 1 is 1.33 bits per heavy atom. The summed E-state index contributed by atoms with van der Waals surface area (Å²) >= 11 is 5.99. The van der Waals surface area contributed by atoms with E-state index in [1.807, 2.05) is 0 Å². The summed E-state index contributed by atoms with van der Waals surface area (Å²) in [7, 11) is 0. The fourth-order valence-corrected chi connectivity index (χ4v) is 2.61. The lowest BCUT2D eigenvalue weighted by Crippen LogP contribution is -2.33. The molecule has 0 N–H and O–H groups in total. The molecule has 1 unspecified atom stereocenters. The largest absolute Gasteiger partial charge is 0.492 e.